The Morgan fingerprint density at radius 2 is 2.15 bits per heavy atom. The Labute approximate surface area is 119 Å². The fourth-order valence-electron chi connectivity index (χ4n) is 1.42. The Morgan fingerprint density at radius 3 is 2.80 bits per heavy atom. The Bertz CT molecular complexity index is 440. The van der Waals surface area contributed by atoms with E-state index in [0.29, 0.717) is 17.8 Å². The van der Waals surface area contributed by atoms with E-state index >= 15 is 0 Å². The largest absolute Gasteiger partial charge is 0.441 e. The van der Waals surface area contributed by atoms with Crippen LogP contribution in [0.4, 0.5) is 18.9 Å². The van der Waals surface area contributed by atoms with E-state index in [0.717, 1.165) is 6.42 Å². The number of rotatable bonds is 7. The summed E-state index contributed by atoms with van der Waals surface area (Å²) in [5, 5.41) is 5.52. The first kappa shape index (κ1) is 16.6. The van der Waals surface area contributed by atoms with E-state index < -0.39 is 11.4 Å². The lowest BCUT2D eigenvalue weighted by molar-refractivity contribution is -0.0327. The van der Waals surface area contributed by atoms with Crippen LogP contribution < -0.4 is 10.6 Å². The number of thioether (sulfide) groups is 1. The number of amides is 1. The van der Waals surface area contributed by atoms with Crippen molar-refractivity contribution in [1.29, 1.82) is 0 Å². The molecule has 0 atom stereocenters. The summed E-state index contributed by atoms with van der Waals surface area (Å²) in [5.41, 5.74) is -3.31. The monoisotopic (exact) mass is 307 g/mol. The predicted octanol–water partition coefficient (Wildman–Crippen LogP) is 2.89. The molecule has 0 spiro atoms. The van der Waals surface area contributed by atoms with Crippen LogP contribution in [0.25, 0.3) is 0 Å². The molecule has 0 aliphatic heterocycles. The second-order valence-corrected chi connectivity index (χ2v) is 5.06. The molecular formula is C12H16F3N3OS. The molecule has 0 fully saturated rings. The Morgan fingerprint density at radius 1 is 1.40 bits per heavy atom. The van der Waals surface area contributed by atoms with Crippen LogP contribution in [-0.4, -0.2) is 35.2 Å². The van der Waals surface area contributed by atoms with Gasteiger partial charge in [0.15, 0.2) is 0 Å². The van der Waals surface area contributed by atoms with Gasteiger partial charge in [-0.2, -0.15) is 13.2 Å². The van der Waals surface area contributed by atoms with Gasteiger partial charge in [-0.15, -0.1) is 0 Å². The maximum absolute atomic E-state index is 11.9. The molecule has 0 aromatic carbocycles. The van der Waals surface area contributed by atoms with Crippen LogP contribution in [0.5, 0.6) is 0 Å². The molecule has 0 bridgehead atoms. The molecule has 0 aliphatic rings. The van der Waals surface area contributed by atoms with Crippen molar-refractivity contribution in [2.45, 2.75) is 18.9 Å². The van der Waals surface area contributed by atoms with Gasteiger partial charge < -0.3 is 10.6 Å². The number of anilines is 1. The standard InChI is InChI=1S/C12H16F3N3OS/c1-2-4-17-10-3-5-16-8-9(10)11(19)18-6-7-20-12(13,14)15/h3,5,8H,2,4,6-7H2,1H3,(H,16,17)(H,18,19). The molecule has 20 heavy (non-hydrogen) atoms. The van der Waals surface area contributed by atoms with Crippen LogP contribution in [0.1, 0.15) is 23.7 Å². The molecule has 0 saturated carbocycles. The van der Waals surface area contributed by atoms with Crippen LogP contribution in [0.3, 0.4) is 0 Å². The van der Waals surface area contributed by atoms with Crippen LogP contribution in [0.15, 0.2) is 18.5 Å². The lowest BCUT2D eigenvalue weighted by Crippen LogP contribution is -2.27. The van der Waals surface area contributed by atoms with Gasteiger partial charge in [-0.1, -0.05) is 6.92 Å². The minimum atomic E-state index is -4.27. The first-order valence-corrected chi connectivity index (χ1v) is 7.09. The summed E-state index contributed by atoms with van der Waals surface area (Å²) in [5.74, 6) is -0.646. The molecular weight excluding hydrogens is 291 g/mol. The van der Waals surface area contributed by atoms with Gasteiger partial charge in [0, 0.05) is 31.2 Å². The van der Waals surface area contributed by atoms with E-state index in [-0.39, 0.29) is 24.1 Å². The highest BCUT2D eigenvalue weighted by atomic mass is 32.2. The highest BCUT2D eigenvalue weighted by molar-refractivity contribution is 8.00. The summed E-state index contributed by atoms with van der Waals surface area (Å²) >= 11 is -0.157. The highest BCUT2D eigenvalue weighted by Crippen LogP contribution is 2.29. The fraction of sp³-hybridized carbons (Fsp3) is 0.500. The molecule has 112 valence electrons. The molecule has 1 heterocycles. The average Bonchev–Trinajstić information content (AvgIpc) is 2.40. The smallest absolute Gasteiger partial charge is 0.384 e. The first-order chi connectivity index (χ1) is 9.44. The predicted molar refractivity (Wildman–Crippen MR) is 73.9 cm³/mol. The average molecular weight is 307 g/mol. The van der Waals surface area contributed by atoms with Crippen molar-refractivity contribution in [2.24, 2.45) is 0 Å². The molecule has 0 aliphatic carbocycles. The number of nitrogens with zero attached hydrogens (tertiary/aromatic N) is 1. The molecule has 4 nitrogen and oxygen atoms in total. The summed E-state index contributed by atoms with van der Waals surface area (Å²) in [6.07, 6.45) is 3.84. The number of aromatic nitrogens is 1. The second-order valence-electron chi connectivity index (χ2n) is 3.90. The van der Waals surface area contributed by atoms with Crippen molar-refractivity contribution in [1.82, 2.24) is 10.3 Å². The van der Waals surface area contributed by atoms with E-state index in [1.807, 2.05) is 6.92 Å². The van der Waals surface area contributed by atoms with Crippen molar-refractivity contribution in [3.63, 3.8) is 0 Å². The third kappa shape index (κ3) is 6.14. The summed E-state index contributed by atoms with van der Waals surface area (Å²) in [7, 11) is 0. The number of pyridine rings is 1. The first-order valence-electron chi connectivity index (χ1n) is 6.11. The highest BCUT2D eigenvalue weighted by Gasteiger charge is 2.27. The maximum Gasteiger partial charge on any atom is 0.441 e. The SMILES string of the molecule is CCCNc1ccncc1C(=O)NCCSC(F)(F)F. The molecule has 1 aromatic heterocycles. The van der Waals surface area contributed by atoms with Gasteiger partial charge in [-0.25, -0.2) is 0 Å². The molecule has 1 aromatic rings. The minimum absolute atomic E-state index is 0.0505. The van der Waals surface area contributed by atoms with Crippen molar-refractivity contribution in [3.05, 3.63) is 24.0 Å². The second kappa shape index (κ2) is 7.98. The van der Waals surface area contributed by atoms with Crippen molar-refractivity contribution >= 4 is 23.4 Å². The Hall–Kier alpha value is -1.44. The van der Waals surface area contributed by atoms with Gasteiger partial charge in [0.2, 0.25) is 0 Å². The van der Waals surface area contributed by atoms with Crippen molar-refractivity contribution in [3.8, 4) is 0 Å². The lowest BCUT2D eigenvalue weighted by atomic mass is 10.2. The van der Waals surface area contributed by atoms with Gasteiger partial charge in [0.05, 0.1) is 11.3 Å². The minimum Gasteiger partial charge on any atom is -0.384 e. The van der Waals surface area contributed by atoms with E-state index in [1.165, 1.54) is 6.20 Å². The number of alkyl halides is 3. The van der Waals surface area contributed by atoms with Gasteiger partial charge in [-0.3, -0.25) is 9.78 Å². The molecule has 0 radical (unpaired) electrons. The number of halogens is 3. The van der Waals surface area contributed by atoms with E-state index in [2.05, 4.69) is 15.6 Å². The van der Waals surface area contributed by atoms with Crippen LogP contribution >= 0.6 is 11.8 Å². The van der Waals surface area contributed by atoms with Crippen molar-refractivity contribution in [2.75, 3.05) is 24.2 Å². The summed E-state index contributed by atoms with van der Waals surface area (Å²) in [6, 6.07) is 1.66. The third-order valence-electron chi connectivity index (χ3n) is 2.28. The summed E-state index contributed by atoms with van der Waals surface area (Å²) < 4.78 is 35.8. The van der Waals surface area contributed by atoms with Crippen LogP contribution in [-0.2, 0) is 0 Å². The molecule has 0 saturated heterocycles. The molecule has 2 N–H and O–H groups in total. The number of hydrogen-bond acceptors (Lipinski definition) is 4. The fourth-order valence-corrected chi connectivity index (χ4v) is 1.85. The van der Waals surface area contributed by atoms with Gasteiger partial charge in [-0.05, 0) is 24.2 Å². The zero-order valence-corrected chi connectivity index (χ0v) is 11.8. The number of carbonyl (C=O) groups excluding carboxylic acids is 1. The molecule has 8 heteroatoms. The van der Waals surface area contributed by atoms with E-state index in [9.17, 15) is 18.0 Å². The maximum atomic E-state index is 11.9. The number of hydrogen-bond donors (Lipinski definition) is 2. The quantitative estimate of drug-likeness (QED) is 0.761. The topological polar surface area (TPSA) is 54.0 Å². The Balaban J connectivity index is 2.50. The van der Waals surface area contributed by atoms with Crippen molar-refractivity contribution < 1.29 is 18.0 Å². The number of nitrogens with one attached hydrogen (secondary N) is 2. The summed E-state index contributed by atoms with van der Waals surface area (Å²) in [4.78, 5) is 15.7. The zero-order chi connectivity index (χ0) is 15.0. The van der Waals surface area contributed by atoms with E-state index in [1.54, 1.807) is 12.3 Å². The van der Waals surface area contributed by atoms with Gasteiger partial charge >= 0.3 is 5.51 Å². The molecule has 1 rings (SSSR count). The third-order valence-corrected chi connectivity index (χ3v) is 3.02. The van der Waals surface area contributed by atoms with Crippen LogP contribution in [0, 0.1) is 0 Å². The van der Waals surface area contributed by atoms with Gasteiger partial charge in [0.1, 0.15) is 0 Å². The normalized spacial score (nSPS) is 11.2. The molecule has 1 amide bonds. The lowest BCUT2D eigenvalue weighted by Gasteiger charge is -2.11. The van der Waals surface area contributed by atoms with Gasteiger partial charge in [0.25, 0.3) is 5.91 Å². The zero-order valence-electron chi connectivity index (χ0n) is 11.0. The summed E-state index contributed by atoms with van der Waals surface area (Å²) in [6.45, 7) is 2.64. The van der Waals surface area contributed by atoms with Crippen LogP contribution in [0.2, 0.25) is 0 Å². The Kier molecular flexibility index (Phi) is 6.63. The molecule has 0 unspecified atom stereocenters. The van der Waals surface area contributed by atoms with E-state index in [4.69, 9.17) is 0 Å². The number of carbonyl (C=O) groups is 1.